The van der Waals surface area contributed by atoms with Gasteiger partial charge in [0.2, 0.25) is 27.7 Å². The summed E-state index contributed by atoms with van der Waals surface area (Å²) < 4.78 is 53.5. The average Bonchev–Trinajstić information content (AvgIpc) is 3.99. The van der Waals surface area contributed by atoms with E-state index in [1.54, 1.807) is 45.1 Å². The summed E-state index contributed by atoms with van der Waals surface area (Å²) in [7, 11) is -4.01. The highest BCUT2D eigenvalue weighted by molar-refractivity contribution is 7.91. The van der Waals surface area contributed by atoms with E-state index in [9.17, 15) is 41.6 Å². The van der Waals surface area contributed by atoms with E-state index in [-0.39, 0.29) is 58.4 Å². The maximum Gasteiger partial charge on any atom is 0.410 e. The van der Waals surface area contributed by atoms with Crippen molar-refractivity contribution >= 4 is 45.8 Å². The van der Waals surface area contributed by atoms with Crippen LogP contribution in [0.4, 0.5) is 14.0 Å². The molecule has 5 aliphatic rings. The van der Waals surface area contributed by atoms with Crippen molar-refractivity contribution in [3.8, 4) is 0 Å². The van der Waals surface area contributed by atoms with Crippen LogP contribution < -0.4 is 15.4 Å². The third-order valence-corrected chi connectivity index (χ3v) is 12.2. The summed E-state index contributed by atoms with van der Waals surface area (Å²) in [6, 6.07) is 1.96. The molecule has 1 saturated heterocycles. The first-order chi connectivity index (χ1) is 25.9. The number of carbonyl (C=O) groups is 6. The number of nitrogens with one attached hydrogen (secondary N) is 3. The number of ether oxygens (including phenoxy) is 2. The first-order valence-electron chi connectivity index (χ1n) is 18.4. The Morgan fingerprint density at radius 2 is 1.84 bits per heavy atom. The Bertz CT molecular complexity index is 1910. The Kier molecular flexibility index (Phi) is 11.0. The average molecular weight is 787 g/mol. The van der Waals surface area contributed by atoms with Crippen molar-refractivity contribution in [1.82, 2.24) is 30.1 Å². The van der Waals surface area contributed by atoms with Crippen LogP contribution in [0.25, 0.3) is 0 Å². The Balaban J connectivity index is 1.29. The summed E-state index contributed by atoms with van der Waals surface area (Å²) in [6.07, 6.45) is 2.57. The van der Waals surface area contributed by atoms with E-state index >= 15 is 0 Å². The number of benzene rings is 1. The van der Waals surface area contributed by atoms with Crippen molar-refractivity contribution in [2.24, 2.45) is 5.92 Å². The number of rotatable bonds is 6. The molecule has 2 aliphatic carbocycles. The second-order valence-corrected chi connectivity index (χ2v) is 17.6. The monoisotopic (exact) mass is 786 g/mol. The van der Waals surface area contributed by atoms with Gasteiger partial charge in [-0.3, -0.25) is 28.8 Å². The van der Waals surface area contributed by atoms with Crippen LogP contribution in [0.15, 0.2) is 43.0 Å². The number of hydrogen-bond donors (Lipinski definition) is 3. The molecule has 5 atom stereocenters. The van der Waals surface area contributed by atoms with E-state index in [0.717, 1.165) is 6.08 Å². The maximum absolute atomic E-state index is 14.5. The van der Waals surface area contributed by atoms with Crippen LogP contribution >= 0.6 is 0 Å². The van der Waals surface area contributed by atoms with E-state index in [1.807, 2.05) is 0 Å². The second kappa shape index (κ2) is 15.3. The minimum absolute atomic E-state index is 0.0175. The molecule has 1 unspecified atom stereocenters. The van der Waals surface area contributed by atoms with E-state index in [4.69, 9.17) is 9.47 Å². The van der Waals surface area contributed by atoms with Crippen molar-refractivity contribution in [2.75, 3.05) is 19.6 Å². The first-order valence-corrected chi connectivity index (χ1v) is 19.9. The quantitative estimate of drug-likeness (QED) is 0.283. The molecule has 55 heavy (non-hydrogen) atoms. The Hall–Kier alpha value is -5.00. The summed E-state index contributed by atoms with van der Waals surface area (Å²) >= 11 is 0. The van der Waals surface area contributed by atoms with Gasteiger partial charge >= 0.3 is 12.2 Å². The summed E-state index contributed by atoms with van der Waals surface area (Å²) in [5, 5.41) is 4.61. The predicted octanol–water partition coefficient (Wildman–Crippen LogP) is 1.99. The summed E-state index contributed by atoms with van der Waals surface area (Å²) in [4.78, 5) is 85.6. The van der Waals surface area contributed by atoms with Crippen LogP contribution in [-0.4, -0.2) is 113 Å². The van der Waals surface area contributed by atoms with Crippen molar-refractivity contribution in [2.45, 2.75) is 107 Å². The van der Waals surface area contributed by atoms with Gasteiger partial charge in [0.25, 0.3) is 5.91 Å². The molecule has 298 valence electrons. The lowest BCUT2D eigenvalue weighted by Gasteiger charge is -2.30. The molecule has 0 bridgehead atoms. The van der Waals surface area contributed by atoms with Crippen LogP contribution in [0.2, 0.25) is 0 Å². The number of sulfonamides is 1. The van der Waals surface area contributed by atoms with Gasteiger partial charge in [-0.15, -0.1) is 0 Å². The predicted molar refractivity (Wildman–Crippen MR) is 193 cm³/mol. The minimum atomic E-state index is -4.01. The molecule has 0 radical (unpaired) electrons. The highest BCUT2D eigenvalue weighted by Crippen LogP contribution is 2.46. The fourth-order valence-electron chi connectivity index (χ4n) is 7.24. The molecule has 6 amide bonds. The van der Waals surface area contributed by atoms with E-state index in [1.165, 1.54) is 20.8 Å². The van der Waals surface area contributed by atoms with Crippen LogP contribution in [0.3, 0.4) is 0 Å². The number of fused-ring (bicyclic) bond motifs is 3. The van der Waals surface area contributed by atoms with Gasteiger partial charge in [-0.1, -0.05) is 30.9 Å². The van der Waals surface area contributed by atoms with Crippen LogP contribution in [-0.2, 0) is 51.8 Å². The lowest BCUT2D eigenvalue weighted by atomic mass is 10.1. The van der Waals surface area contributed by atoms with Crippen molar-refractivity contribution in [3.05, 3.63) is 60.0 Å². The fourth-order valence-corrected chi connectivity index (χ4v) is 8.60. The van der Waals surface area contributed by atoms with Gasteiger partial charge in [-0.2, -0.15) is 0 Å². The minimum Gasteiger partial charge on any atom is -0.444 e. The number of hydrogen-bond acceptors (Lipinski definition) is 10. The van der Waals surface area contributed by atoms with Crippen molar-refractivity contribution < 1.29 is 51.0 Å². The van der Waals surface area contributed by atoms with Crippen LogP contribution in [0, 0.1) is 11.7 Å². The Morgan fingerprint density at radius 3 is 2.51 bits per heavy atom. The summed E-state index contributed by atoms with van der Waals surface area (Å²) in [5.41, 5.74) is -1.64. The van der Waals surface area contributed by atoms with Gasteiger partial charge in [-0.25, -0.2) is 22.4 Å². The molecule has 3 fully saturated rings. The van der Waals surface area contributed by atoms with Gasteiger partial charge in [0.1, 0.15) is 35.1 Å². The maximum atomic E-state index is 14.5. The lowest BCUT2D eigenvalue weighted by molar-refractivity contribution is -0.141. The topological polar surface area (TPSA) is 201 Å². The molecule has 6 rings (SSSR count). The van der Waals surface area contributed by atoms with Crippen molar-refractivity contribution in [1.29, 1.82) is 0 Å². The van der Waals surface area contributed by atoms with E-state index < -0.39 is 92.2 Å². The number of alkyl carbamates (subject to hydrolysis) is 1. The number of halogens is 1. The lowest BCUT2D eigenvalue weighted by Crippen LogP contribution is -2.58. The molecule has 3 N–H and O–H groups in total. The number of amides is 6. The first kappa shape index (κ1) is 39.7. The zero-order valence-corrected chi connectivity index (χ0v) is 31.9. The Labute approximate surface area is 318 Å². The largest absolute Gasteiger partial charge is 0.444 e. The van der Waals surface area contributed by atoms with Gasteiger partial charge < -0.3 is 29.9 Å². The molecular weight excluding hydrogens is 740 g/mol. The molecule has 1 aromatic rings. The van der Waals surface area contributed by atoms with Crippen molar-refractivity contribution in [3.63, 3.8) is 0 Å². The third-order valence-electron chi connectivity index (χ3n) is 10.4. The summed E-state index contributed by atoms with van der Waals surface area (Å²) in [6.45, 7) is 8.52. The standard InChI is InChI=1S/C37H47FN6O10S/c1-5-30(45)42-15-7-10-23-18-37(23,33(48)41-55(51,52)25-13-14-25)40-31(46)29-17-24(53-35(50)43-19-22-9-6-11-27(38)26(22)21-43)20-44(29)32(47)28(12-8-16-42)39-34(49)54-36(2,3)4/h5-7,9-11,23-25,28-29H,1,8,12-21H2,2-4H3,(H,39,49)(H,40,46)(H,41,48)/t23-,24?,28+,29+,37-/m1/s1. The van der Waals surface area contributed by atoms with E-state index in [0.29, 0.717) is 24.0 Å². The zero-order chi connectivity index (χ0) is 39.9. The highest BCUT2D eigenvalue weighted by atomic mass is 32.2. The van der Waals surface area contributed by atoms with Gasteiger partial charge in [0.15, 0.2) is 0 Å². The summed E-state index contributed by atoms with van der Waals surface area (Å²) in [5.74, 6) is -3.97. The van der Waals surface area contributed by atoms with Gasteiger partial charge in [0, 0.05) is 37.5 Å². The molecule has 1 aromatic carbocycles. The molecule has 3 heterocycles. The fraction of sp³-hybridized carbons (Fsp3) is 0.568. The van der Waals surface area contributed by atoms with E-state index in [2.05, 4.69) is 21.9 Å². The number of carbonyl (C=O) groups excluding carboxylic acids is 6. The molecule has 2 saturated carbocycles. The molecular formula is C37H47FN6O10S. The smallest absolute Gasteiger partial charge is 0.410 e. The normalized spacial score (nSPS) is 27.0. The van der Waals surface area contributed by atoms with Gasteiger partial charge in [0.05, 0.1) is 18.3 Å². The molecule has 0 aromatic heterocycles. The molecule has 0 spiro atoms. The zero-order valence-electron chi connectivity index (χ0n) is 31.0. The SMILES string of the molecule is C=CC(=O)N1CC=C[C@@H]2C[C@@]2(C(=O)NS(=O)(=O)C2CC2)NC(=O)[C@@H]2CC(OC(=O)N3Cc4cccc(F)c4C3)CN2C(=O)[C@@H](NC(=O)OC(C)(C)C)CCC1. The Morgan fingerprint density at radius 1 is 1.09 bits per heavy atom. The van der Waals surface area contributed by atoms with Crippen LogP contribution in [0.1, 0.15) is 70.4 Å². The molecule has 16 nitrogen and oxygen atoms in total. The second-order valence-electron chi connectivity index (χ2n) is 15.7. The third kappa shape index (κ3) is 8.95. The van der Waals surface area contributed by atoms with Gasteiger partial charge in [-0.05, 0) is 70.6 Å². The molecule has 18 heteroatoms. The highest BCUT2D eigenvalue weighted by Gasteiger charge is 2.62. The van der Waals surface area contributed by atoms with Crippen LogP contribution in [0.5, 0.6) is 0 Å². The number of nitrogens with zero attached hydrogens (tertiary/aromatic N) is 3. The molecule has 3 aliphatic heterocycles.